The number of rotatable bonds is 6. The minimum atomic E-state index is 0.268. The third-order valence-electron chi connectivity index (χ3n) is 2.57. The van der Waals surface area contributed by atoms with Crippen molar-refractivity contribution in [2.45, 2.75) is 53.4 Å². The van der Waals surface area contributed by atoms with Crippen molar-refractivity contribution in [1.82, 2.24) is 0 Å². The van der Waals surface area contributed by atoms with E-state index in [1.807, 2.05) is 6.92 Å². The van der Waals surface area contributed by atoms with Crippen LogP contribution in [0.5, 0.6) is 0 Å². The van der Waals surface area contributed by atoms with Gasteiger partial charge < -0.3 is 0 Å². The van der Waals surface area contributed by atoms with Crippen LogP contribution in [0.15, 0.2) is 0 Å². The first-order chi connectivity index (χ1) is 5.57. The number of carbonyl (C=O) groups is 1. The third-order valence-corrected chi connectivity index (χ3v) is 2.57. The van der Waals surface area contributed by atoms with Crippen molar-refractivity contribution >= 4 is 5.78 Å². The maximum Gasteiger partial charge on any atom is 0.132 e. The molecule has 0 N–H and O–H groups in total. The molecule has 0 aromatic carbocycles. The zero-order chi connectivity index (χ0) is 9.56. The molecular weight excluding hydrogens is 148 g/mol. The Morgan fingerprint density at radius 2 is 1.75 bits per heavy atom. The number of Topliss-reactive ketones (excluding diaryl/α,β-unsaturated/α-hetero) is 1. The second kappa shape index (κ2) is 6.22. The van der Waals surface area contributed by atoms with E-state index in [0.29, 0.717) is 5.78 Å². The SMILES string of the molecule is CCCC(C)CCC(C)C(C)=O. The number of carbonyl (C=O) groups excluding carboxylic acids is 1. The van der Waals surface area contributed by atoms with Crippen molar-refractivity contribution in [2.75, 3.05) is 0 Å². The number of hydrogen-bond donors (Lipinski definition) is 0. The van der Waals surface area contributed by atoms with Gasteiger partial charge in [-0.1, -0.05) is 40.0 Å². The van der Waals surface area contributed by atoms with Crippen LogP contribution < -0.4 is 0 Å². The summed E-state index contributed by atoms with van der Waals surface area (Å²) in [5, 5.41) is 0. The van der Waals surface area contributed by atoms with Crippen LogP contribution in [0.2, 0.25) is 0 Å². The van der Waals surface area contributed by atoms with Gasteiger partial charge in [0.25, 0.3) is 0 Å². The van der Waals surface area contributed by atoms with Crippen LogP contribution in [0.3, 0.4) is 0 Å². The molecule has 2 atom stereocenters. The van der Waals surface area contributed by atoms with Crippen LogP contribution in [0, 0.1) is 11.8 Å². The summed E-state index contributed by atoms with van der Waals surface area (Å²) in [6.45, 7) is 8.21. The van der Waals surface area contributed by atoms with Crippen LogP contribution in [0.1, 0.15) is 53.4 Å². The van der Waals surface area contributed by atoms with Gasteiger partial charge >= 0.3 is 0 Å². The van der Waals surface area contributed by atoms with Gasteiger partial charge in [0.1, 0.15) is 5.78 Å². The first-order valence-electron chi connectivity index (χ1n) is 5.08. The average Bonchev–Trinajstić information content (AvgIpc) is 2.00. The van der Waals surface area contributed by atoms with Gasteiger partial charge in [-0.25, -0.2) is 0 Å². The van der Waals surface area contributed by atoms with E-state index in [4.69, 9.17) is 0 Å². The molecule has 0 fully saturated rings. The molecule has 0 heterocycles. The molecular formula is C11H22O. The lowest BCUT2D eigenvalue weighted by Crippen LogP contribution is -2.08. The second-order valence-corrected chi connectivity index (χ2v) is 3.98. The molecule has 0 saturated carbocycles. The first kappa shape index (κ1) is 11.7. The van der Waals surface area contributed by atoms with Crippen molar-refractivity contribution < 1.29 is 4.79 Å². The van der Waals surface area contributed by atoms with Crippen LogP contribution in [-0.2, 0) is 4.79 Å². The first-order valence-corrected chi connectivity index (χ1v) is 5.08. The van der Waals surface area contributed by atoms with Crippen LogP contribution in [0.25, 0.3) is 0 Å². The Hall–Kier alpha value is -0.330. The molecule has 0 aromatic heterocycles. The highest BCUT2D eigenvalue weighted by molar-refractivity contribution is 5.77. The third kappa shape index (κ3) is 5.34. The van der Waals surface area contributed by atoms with Gasteiger partial charge in [-0.15, -0.1) is 0 Å². The lowest BCUT2D eigenvalue weighted by molar-refractivity contribution is -0.120. The summed E-state index contributed by atoms with van der Waals surface area (Å²) >= 11 is 0. The van der Waals surface area contributed by atoms with Crippen LogP contribution in [-0.4, -0.2) is 5.78 Å². The van der Waals surface area contributed by atoms with Gasteiger partial charge in [-0.05, 0) is 19.3 Å². The molecule has 0 rings (SSSR count). The van der Waals surface area contributed by atoms with Crippen molar-refractivity contribution in [3.05, 3.63) is 0 Å². The molecule has 0 amide bonds. The topological polar surface area (TPSA) is 17.1 Å². The molecule has 0 aliphatic rings. The smallest absolute Gasteiger partial charge is 0.132 e. The maximum atomic E-state index is 10.9. The van der Waals surface area contributed by atoms with Crippen LogP contribution >= 0.6 is 0 Å². The Balaban J connectivity index is 3.46. The molecule has 1 heteroatoms. The molecule has 0 aliphatic carbocycles. The van der Waals surface area contributed by atoms with E-state index < -0.39 is 0 Å². The normalized spacial score (nSPS) is 15.7. The number of hydrogen-bond acceptors (Lipinski definition) is 1. The van der Waals surface area contributed by atoms with Crippen molar-refractivity contribution in [1.29, 1.82) is 0 Å². The van der Waals surface area contributed by atoms with E-state index in [2.05, 4.69) is 13.8 Å². The highest BCUT2D eigenvalue weighted by Crippen LogP contribution is 2.16. The molecule has 2 unspecified atom stereocenters. The number of ketones is 1. The molecule has 0 saturated heterocycles. The Labute approximate surface area is 76.6 Å². The summed E-state index contributed by atoms with van der Waals surface area (Å²) in [6, 6.07) is 0. The van der Waals surface area contributed by atoms with E-state index in [-0.39, 0.29) is 5.92 Å². The highest BCUT2D eigenvalue weighted by Gasteiger charge is 2.09. The molecule has 0 spiro atoms. The average molecular weight is 170 g/mol. The van der Waals surface area contributed by atoms with Gasteiger partial charge in [0.2, 0.25) is 0 Å². The fourth-order valence-electron chi connectivity index (χ4n) is 1.37. The quantitative estimate of drug-likeness (QED) is 0.597. The molecule has 1 nitrogen and oxygen atoms in total. The van der Waals surface area contributed by atoms with Crippen LogP contribution in [0.4, 0.5) is 0 Å². The van der Waals surface area contributed by atoms with E-state index in [9.17, 15) is 4.79 Å². The van der Waals surface area contributed by atoms with E-state index in [1.54, 1.807) is 6.92 Å². The summed E-state index contributed by atoms with van der Waals surface area (Å²) < 4.78 is 0. The van der Waals surface area contributed by atoms with E-state index >= 15 is 0 Å². The molecule has 0 aliphatic heterocycles. The van der Waals surface area contributed by atoms with E-state index in [1.165, 1.54) is 19.3 Å². The second-order valence-electron chi connectivity index (χ2n) is 3.98. The van der Waals surface area contributed by atoms with Gasteiger partial charge in [0.15, 0.2) is 0 Å². The van der Waals surface area contributed by atoms with Crippen molar-refractivity contribution in [3.8, 4) is 0 Å². The summed E-state index contributed by atoms with van der Waals surface area (Å²) in [4.78, 5) is 10.9. The Bertz CT molecular complexity index is 129. The predicted octanol–water partition coefficient (Wildman–Crippen LogP) is 3.43. The molecule has 0 bridgehead atoms. The van der Waals surface area contributed by atoms with Crippen molar-refractivity contribution in [3.63, 3.8) is 0 Å². The predicted molar refractivity (Wildman–Crippen MR) is 53.2 cm³/mol. The molecule has 0 aromatic rings. The Morgan fingerprint density at radius 1 is 1.17 bits per heavy atom. The fraction of sp³-hybridized carbons (Fsp3) is 0.909. The molecule has 0 radical (unpaired) electrons. The summed E-state index contributed by atoms with van der Waals surface area (Å²) in [5.41, 5.74) is 0. The van der Waals surface area contributed by atoms with Gasteiger partial charge in [-0.2, -0.15) is 0 Å². The maximum absolute atomic E-state index is 10.9. The molecule has 12 heavy (non-hydrogen) atoms. The van der Waals surface area contributed by atoms with Gasteiger partial charge in [0.05, 0.1) is 0 Å². The minimum absolute atomic E-state index is 0.268. The van der Waals surface area contributed by atoms with Crippen molar-refractivity contribution in [2.24, 2.45) is 11.8 Å². The highest BCUT2D eigenvalue weighted by atomic mass is 16.1. The van der Waals surface area contributed by atoms with E-state index in [0.717, 1.165) is 12.3 Å². The summed E-state index contributed by atoms with van der Waals surface area (Å²) in [6.07, 6.45) is 4.82. The minimum Gasteiger partial charge on any atom is -0.300 e. The Morgan fingerprint density at radius 3 is 2.17 bits per heavy atom. The van der Waals surface area contributed by atoms with Gasteiger partial charge in [0, 0.05) is 5.92 Å². The lowest BCUT2D eigenvalue weighted by Gasteiger charge is -2.12. The largest absolute Gasteiger partial charge is 0.300 e. The summed E-state index contributed by atoms with van der Waals surface area (Å²) in [7, 11) is 0. The zero-order valence-electron chi connectivity index (χ0n) is 8.89. The fourth-order valence-corrected chi connectivity index (χ4v) is 1.37. The monoisotopic (exact) mass is 170 g/mol. The standard InChI is InChI=1S/C11H22O/c1-5-6-9(2)7-8-10(3)11(4)12/h9-10H,5-8H2,1-4H3. The zero-order valence-corrected chi connectivity index (χ0v) is 8.89. The van der Waals surface area contributed by atoms with Gasteiger partial charge in [-0.3, -0.25) is 4.79 Å². The molecule has 72 valence electrons. The Kier molecular flexibility index (Phi) is 6.04. The summed E-state index contributed by atoms with van der Waals surface area (Å²) in [5.74, 6) is 1.39. The lowest BCUT2D eigenvalue weighted by atomic mass is 9.93.